The fraction of sp³-hybridized carbons (Fsp3) is 0.500. The second-order valence-corrected chi connectivity index (χ2v) is 3.89. The van der Waals surface area contributed by atoms with Crippen LogP contribution in [0.1, 0.15) is 23.2 Å². The van der Waals surface area contributed by atoms with Crippen LogP contribution in [0.5, 0.6) is 0 Å². The summed E-state index contributed by atoms with van der Waals surface area (Å²) in [6, 6.07) is 0. The first-order valence-electron chi connectivity index (χ1n) is 5.30. The molecule has 17 heavy (non-hydrogen) atoms. The number of carbonyl (C=O) groups is 1. The number of ether oxygens (including phenoxy) is 1. The van der Waals surface area contributed by atoms with Crippen LogP contribution in [-0.4, -0.2) is 33.3 Å². The molecule has 1 aromatic heterocycles. The van der Waals surface area contributed by atoms with Crippen LogP contribution in [0.2, 0.25) is 0 Å². The Morgan fingerprint density at radius 1 is 1.71 bits per heavy atom. The first kappa shape index (κ1) is 11.6. The van der Waals surface area contributed by atoms with Crippen molar-refractivity contribution in [3.63, 3.8) is 0 Å². The summed E-state index contributed by atoms with van der Waals surface area (Å²) in [5, 5.41) is 8.88. The Balaban J connectivity index is 2.34. The van der Waals surface area contributed by atoms with Gasteiger partial charge in [-0.05, 0) is 12.8 Å². The van der Waals surface area contributed by atoms with Crippen molar-refractivity contribution >= 4 is 11.8 Å². The predicted octanol–water partition coefficient (Wildman–Crippen LogP) is -0.297. The van der Waals surface area contributed by atoms with E-state index in [4.69, 9.17) is 15.6 Å². The quantitative estimate of drug-likeness (QED) is 0.750. The number of hydrogen-bond acceptors (Lipinski definition) is 5. The molecule has 0 radical (unpaired) electrons. The number of aromatic carboxylic acids is 1. The van der Waals surface area contributed by atoms with E-state index in [1.165, 1.54) is 0 Å². The Morgan fingerprint density at radius 3 is 3.06 bits per heavy atom. The largest absolute Gasteiger partial charge is 0.478 e. The van der Waals surface area contributed by atoms with E-state index < -0.39 is 11.7 Å². The van der Waals surface area contributed by atoms with Gasteiger partial charge in [-0.3, -0.25) is 4.57 Å². The molecule has 1 aliphatic heterocycles. The maximum atomic E-state index is 11.5. The number of carboxylic acid groups (broad SMARTS) is 1. The molecule has 0 aromatic carbocycles. The molecular formula is C10H13N3O4. The smallest absolute Gasteiger partial charge is 0.349 e. The van der Waals surface area contributed by atoms with Crippen molar-refractivity contribution in [1.82, 2.24) is 9.55 Å². The first-order valence-corrected chi connectivity index (χ1v) is 5.30. The molecule has 7 nitrogen and oxygen atoms in total. The molecule has 1 fully saturated rings. The Labute approximate surface area is 96.8 Å². The second kappa shape index (κ2) is 4.54. The fourth-order valence-corrected chi connectivity index (χ4v) is 1.84. The molecule has 1 saturated heterocycles. The van der Waals surface area contributed by atoms with Gasteiger partial charge in [-0.15, -0.1) is 0 Å². The van der Waals surface area contributed by atoms with Gasteiger partial charge in [0.25, 0.3) is 0 Å². The molecule has 3 N–H and O–H groups in total. The normalized spacial score (nSPS) is 19.4. The molecule has 1 aromatic rings. The maximum Gasteiger partial charge on any atom is 0.349 e. The Morgan fingerprint density at radius 2 is 2.47 bits per heavy atom. The molecule has 2 rings (SSSR count). The lowest BCUT2D eigenvalue weighted by molar-refractivity contribution is 0.0694. The predicted molar refractivity (Wildman–Crippen MR) is 58.8 cm³/mol. The van der Waals surface area contributed by atoms with Crippen molar-refractivity contribution in [2.45, 2.75) is 25.5 Å². The van der Waals surface area contributed by atoms with Gasteiger partial charge < -0.3 is 15.6 Å². The van der Waals surface area contributed by atoms with Gasteiger partial charge in [0.05, 0.1) is 18.8 Å². The molecule has 1 aliphatic rings. The molecule has 1 unspecified atom stereocenters. The second-order valence-electron chi connectivity index (χ2n) is 3.89. The van der Waals surface area contributed by atoms with E-state index in [-0.39, 0.29) is 24.0 Å². The summed E-state index contributed by atoms with van der Waals surface area (Å²) < 4.78 is 6.53. The van der Waals surface area contributed by atoms with Crippen LogP contribution in [0.4, 0.5) is 5.82 Å². The van der Waals surface area contributed by atoms with Crippen molar-refractivity contribution in [2.75, 3.05) is 12.3 Å². The van der Waals surface area contributed by atoms with Gasteiger partial charge >= 0.3 is 11.7 Å². The van der Waals surface area contributed by atoms with Crippen LogP contribution in [-0.2, 0) is 11.3 Å². The Bertz CT molecular complexity index is 491. The van der Waals surface area contributed by atoms with Crippen molar-refractivity contribution in [3.05, 3.63) is 22.2 Å². The molecular weight excluding hydrogens is 226 g/mol. The van der Waals surface area contributed by atoms with E-state index in [1.807, 2.05) is 0 Å². The standard InChI is InChI=1S/C10H13N3O4/c11-8-7(9(14)15)4-12-10(16)13(8)5-6-2-1-3-17-6/h4,6H,1-3,5,11H2,(H,14,15). The molecule has 0 aliphatic carbocycles. The average molecular weight is 239 g/mol. The van der Waals surface area contributed by atoms with E-state index in [9.17, 15) is 9.59 Å². The zero-order chi connectivity index (χ0) is 12.4. The number of nitrogens with two attached hydrogens (primary N) is 1. The van der Waals surface area contributed by atoms with Gasteiger partial charge in [0.1, 0.15) is 11.4 Å². The molecule has 2 heterocycles. The van der Waals surface area contributed by atoms with Crippen LogP contribution >= 0.6 is 0 Å². The minimum absolute atomic E-state index is 0.0759. The van der Waals surface area contributed by atoms with Crippen LogP contribution in [0.15, 0.2) is 11.0 Å². The Kier molecular flexibility index (Phi) is 3.10. The lowest BCUT2D eigenvalue weighted by atomic mass is 10.2. The molecule has 92 valence electrons. The fourth-order valence-electron chi connectivity index (χ4n) is 1.84. The summed E-state index contributed by atoms with van der Waals surface area (Å²) >= 11 is 0. The molecule has 0 bridgehead atoms. The van der Waals surface area contributed by atoms with Crippen LogP contribution in [0.25, 0.3) is 0 Å². The molecule has 1 atom stereocenters. The van der Waals surface area contributed by atoms with Crippen molar-refractivity contribution in [3.8, 4) is 0 Å². The third-order valence-electron chi connectivity index (χ3n) is 2.74. The topological polar surface area (TPSA) is 107 Å². The highest BCUT2D eigenvalue weighted by atomic mass is 16.5. The van der Waals surface area contributed by atoms with Crippen molar-refractivity contribution in [2.24, 2.45) is 0 Å². The van der Waals surface area contributed by atoms with Crippen LogP contribution < -0.4 is 11.4 Å². The third kappa shape index (κ3) is 2.28. The number of aromatic nitrogens is 2. The summed E-state index contributed by atoms with van der Waals surface area (Å²) in [6.45, 7) is 0.907. The first-order chi connectivity index (χ1) is 8.09. The minimum Gasteiger partial charge on any atom is -0.478 e. The van der Waals surface area contributed by atoms with E-state index in [0.717, 1.165) is 23.6 Å². The SMILES string of the molecule is Nc1c(C(=O)O)cnc(=O)n1CC1CCCO1. The van der Waals surface area contributed by atoms with Gasteiger partial charge in [-0.1, -0.05) is 0 Å². The van der Waals surface area contributed by atoms with Gasteiger partial charge in [0, 0.05) is 6.61 Å². The summed E-state index contributed by atoms with van der Waals surface area (Å²) in [5.41, 5.74) is 4.93. The zero-order valence-corrected chi connectivity index (χ0v) is 9.13. The molecule has 0 amide bonds. The molecule has 0 spiro atoms. The van der Waals surface area contributed by atoms with E-state index >= 15 is 0 Å². The van der Waals surface area contributed by atoms with Gasteiger partial charge in [-0.25, -0.2) is 14.6 Å². The van der Waals surface area contributed by atoms with Gasteiger partial charge in [-0.2, -0.15) is 0 Å². The monoisotopic (exact) mass is 239 g/mol. The highest BCUT2D eigenvalue weighted by Crippen LogP contribution is 2.15. The van der Waals surface area contributed by atoms with Crippen molar-refractivity contribution < 1.29 is 14.6 Å². The lowest BCUT2D eigenvalue weighted by Crippen LogP contribution is -2.31. The van der Waals surface area contributed by atoms with Gasteiger partial charge in [0.2, 0.25) is 0 Å². The highest BCUT2D eigenvalue weighted by molar-refractivity contribution is 5.92. The molecule has 0 saturated carbocycles. The Hall–Kier alpha value is -1.89. The third-order valence-corrected chi connectivity index (χ3v) is 2.74. The summed E-state index contributed by atoms with van der Waals surface area (Å²) in [5.74, 6) is -1.27. The maximum absolute atomic E-state index is 11.5. The number of anilines is 1. The number of hydrogen-bond donors (Lipinski definition) is 2. The summed E-state index contributed by atoms with van der Waals surface area (Å²) in [4.78, 5) is 25.9. The van der Waals surface area contributed by atoms with Gasteiger partial charge in [0.15, 0.2) is 0 Å². The van der Waals surface area contributed by atoms with Crippen LogP contribution in [0, 0.1) is 0 Å². The van der Waals surface area contributed by atoms with Crippen LogP contribution in [0.3, 0.4) is 0 Å². The van der Waals surface area contributed by atoms with E-state index in [2.05, 4.69) is 4.98 Å². The van der Waals surface area contributed by atoms with Crippen molar-refractivity contribution in [1.29, 1.82) is 0 Å². The average Bonchev–Trinajstić information content (AvgIpc) is 2.76. The van der Waals surface area contributed by atoms with E-state index in [1.54, 1.807) is 0 Å². The highest BCUT2D eigenvalue weighted by Gasteiger charge is 2.20. The summed E-state index contributed by atoms with van der Waals surface area (Å²) in [6.07, 6.45) is 2.65. The number of carboxylic acids is 1. The number of rotatable bonds is 3. The minimum atomic E-state index is -1.20. The summed E-state index contributed by atoms with van der Waals surface area (Å²) in [7, 11) is 0. The van der Waals surface area contributed by atoms with E-state index in [0.29, 0.717) is 6.61 Å². The number of nitrogen functional groups attached to an aromatic ring is 1. The zero-order valence-electron chi connectivity index (χ0n) is 9.13. The lowest BCUT2D eigenvalue weighted by Gasteiger charge is -2.14. The molecule has 7 heteroatoms. The number of nitrogens with zero attached hydrogens (tertiary/aromatic N) is 2.